The first-order valence-electron chi connectivity index (χ1n) is 6.92. The number of nitrogens with one attached hydrogen (secondary N) is 1. The molecule has 2 aromatic carbocycles. The molecular weight excluding hydrogens is 264 g/mol. The van der Waals surface area contributed by atoms with Crippen LogP contribution in [-0.2, 0) is 13.1 Å². The average Bonchev–Trinajstić information content (AvgIpc) is 2.45. The van der Waals surface area contributed by atoms with Crippen LogP contribution in [0.25, 0.3) is 0 Å². The van der Waals surface area contributed by atoms with Crippen molar-refractivity contribution in [3.05, 3.63) is 53.6 Å². The Kier molecular flexibility index (Phi) is 5.06. The van der Waals surface area contributed by atoms with E-state index in [1.165, 1.54) is 5.56 Å². The molecule has 0 heterocycles. The molecule has 2 N–H and O–H groups in total. The summed E-state index contributed by atoms with van der Waals surface area (Å²) in [5.41, 5.74) is 3.20. The van der Waals surface area contributed by atoms with Crippen molar-refractivity contribution in [2.45, 2.75) is 13.1 Å². The molecular formula is C17H22N2O2. The molecule has 0 saturated heterocycles. The lowest BCUT2D eigenvalue weighted by Gasteiger charge is -2.15. The summed E-state index contributed by atoms with van der Waals surface area (Å²) in [5.74, 6) is 1.10. The molecule has 4 heteroatoms. The molecule has 0 radical (unpaired) electrons. The van der Waals surface area contributed by atoms with Gasteiger partial charge in [-0.15, -0.1) is 0 Å². The van der Waals surface area contributed by atoms with Crippen LogP contribution in [-0.4, -0.2) is 31.2 Å². The summed E-state index contributed by atoms with van der Waals surface area (Å²) in [7, 11) is 5.76. The van der Waals surface area contributed by atoms with Gasteiger partial charge in [0.25, 0.3) is 0 Å². The summed E-state index contributed by atoms with van der Waals surface area (Å²) >= 11 is 0. The second-order valence-electron chi connectivity index (χ2n) is 5.30. The maximum Gasteiger partial charge on any atom is 0.141 e. The fraction of sp³-hybridized carbons (Fsp3) is 0.294. The lowest BCUT2D eigenvalue weighted by Crippen LogP contribution is -2.11. The topological polar surface area (TPSA) is 44.7 Å². The van der Waals surface area contributed by atoms with Crippen LogP contribution in [0.3, 0.4) is 0 Å². The summed E-state index contributed by atoms with van der Waals surface area (Å²) in [4.78, 5) is 2.13. The Morgan fingerprint density at radius 1 is 1.10 bits per heavy atom. The van der Waals surface area contributed by atoms with E-state index in [9.17, 15) is 5.11 Å². The number of ether oxygens (including phenoxy) is 1. The third-order valence-corrected chi connectivity index (χ3v) is 3.16. The maximum atomic E-state index is 9.50. The van der Waals surface area contributed by atoms with Crippen molar-refractivity contribution in [2.75, 3.05) is 26.5 Å². The molecule has 2 rings (SSSR count). The lowest BCUT2D eigenvalue weighted by atomic mass is 10.1. The number of benzene rings is 2. The Morgan fingerprint density at radius 2 is 1.90 bits per heavy atom. The second-order valence-corrected chi connectivity index (χ2v) is 5.30. The van der Waals surface area contributed by atoms with Gasteiger partial charge in [0.05, 0.1) is 12.8 Å². The van der Waals surface area contributed by atoms with E-state index in [4.69, 9.17) is 4.74 Å². The minimum atomic E-state index is 0.280. The van der Waals surface area contributed by atoms with E-state index in [-0.39, 0.29) is 5.75 Å². The van der Waals surface area contributed by atoms with Gasteiger partial charge in [-0.1, -0.05) is 18.2 Å². The standard InChI is InChI=1S/C17H22N2O2/c1-19(2)12-14-7-8-17(21-3)16(10-14)18-11-13-5-4-6-15(20)9-13/h4-10,18,20H,11-12H2,1-3H3. The number of rotatable bonds is 6. The molecule has 0 spiro atoms. The molecule has 112 valence electrons. The third kappa shape index (κ3) is 4.39. The van der Waals surface area contributed by atoms with Crippen molar-refractivity contribution < 1.29 is 9.84 Å². The monoisotopic (exact) mass is 286 g/mol. The highest BCUT2D eigenvalue weighted by Crippen LogP contribution is 2.26. The number of methoxy groups -OCH3 is 1. The van der Waals surface area contributed by atoms with E-state index in [0.29, 0.717) is 6.54 Å². The van der Waals surface area contributed by atoms with Crippen molar-refractivity contribution in [2.24, 2.45) is 0 Å². The number of anilines is 1. The van der Waals surface area contributed by atoms with Crippen LogP contribution in [0.15, 0.2) is 42.5 Å². The van der Waals surface area contributed by atoms with Gasteiger partial charge in [-0.25, -0.2) is 0 Å². The van der Waals surface area contributed by atoms with Gasteiger partial charge in [0.1, 0.15) is 11.5 Å². The summed E-state index contributed by atoms with van der Waals surface area (Å²) in [5, 5.41) is 12.9. The van der Waals surface area contributed by atoms with E-state index in [1.807, 2.05) is 32.3 Å². The largest absolute Gasteiger partial charge is 0.508 e. The van der Waals surface area contributed by atoms with Crippen LogP contribution in [0.2, 0.25) is 0 Å². The summed E-state index contributed by atoms with van der Waals surface area (Å²) in [6.45, 7) is 1.51. The molecule has 0 saturated carbocycles. The van der Waals surface area contributed by atoms with E-state index >= 15 is 0 Å². The zero-order chi connectivity index (χ0) is 15.2. The van der Waals surface area contributed by atoms with Crippen molar-refractivity contribution >= 4 is 5.69 Å². The Balaban J connectivity index is 2.13. The Hall–Kier alpha value is -2.20. The van der Waals surface area contributed by atoms with Crippen LogP contribution in [0.4, 0.5) is 5.69 Å². The molecule has 0 aliphatic carbocycles. The van der Waals surface area contributed by atoms with Gasteiger partial charge in [-0.05, 0) is 49.5 Å². The number of hydrogen-bond acceptors (Lipinski definition) is 4. The number of phenolic OH excluding ortho intramolecular Hbond substituents is 1. The Bertz CT molecular complexity index is 597. The van der Waals surface area contributed by atoms with Gasteiger partial charge < -0.3 is 20.1 Å². The van der Waals surface area contributed by atoms with Crippen molar-refractivity contribution in [3.8, 4) is 11.5 Å². The van der Waals surface area contributed by atoms with Gasteiger partial charge in [-0.3, -0.25) is 0 Å². The first kappa shape index (κ1) is 15.2. The summed E-state index contributed by atoms with van der Waals surface area (Å²) in [6, 6.07) is 13.4. The zero-order valence-corrected chi connectivity index (χ0v) is 12.8. The van der Waals surface area contributed by atoms with Gasteiger partial charge in [0.15, 0.2) is 0 Å². The third-order valence-electron chi connectivity index (χ3n) is 3.16. The summed E-state index contributed by atoms with van der Waals surface area (Å²) < 4.78 is 5.39. The second kappa shape index (κ2) is 6.99. The van der Waals surface area contributed by atoms with E-state index in [2.05, 4.69) is 22.3 Å². The quantitative estimate of drug-likeness (QED) is 0.856. The predicted octanol–water partition coefficient (Wildman–Crippen LogP) is 3.07. The lowest BCUT2D eigenvalue weighted by molar-refractivity contribution is 0.400. The van der Waals surface area contributed by atoms with Crippen LogP contribution in [0.1, 0.15) is 11.1 Å². The highest BCUT2D eigenvalue weighted by molar-refractivity contribution is 5.58. The first-order valence-corrected chi connectivity index (χ1v) is 6.92. The number of aromatic hydroxyl groups is 1. The highest BCUT2D eigenvalue weighted by atomic mass is 16.5. The molecule has 2 aromatic rings. The molecule has 0 aliphatic rings. The summed E-state index contributed by atoms with van der Waals surface area (Å²) in [6.07, 6.45) is 0. The molecule has 21 heavy (non-hydrogen) atoms. The number of nitrogens with zero attached hydrogens (tertiary/aromatic N) is 1. The average molecular weight is 286 g/mol. The van der Waals surface area contributed by atoms with Crippen molar-refractivity contribution in [3.63, 3.8) is 0 Å². The molecule has 0 fully saturated rings. The van der Waals surface area contributed by atoms with Gasteiger partial charge in [0.2, 0.25) is 0 Å². The minimum absolute atomic E-state index is 0.280. The minimum Gasteiger partial charge on any atom is -0.508 e. The van der Waals surface area contributed by atoms with Crippen LogP contribution < -0.4 is 10.1 Å². The molecule has 4 nitrogen and oxygen atoms in total. The fourth-order valence-electron chi connectivity index (χ4n) is 2.22. The first-order chi connectivity index (χ1) is 10.1. The van der Waals surface area contributed by atoms with Gasteiger partial charge in [-0.2, -0.15) is 0 Å². The normalized spacial score (nSPS) is 10.7. The molecule has 0 aromatic heterocycles. The molecule has 0 atom stereocenters. The Labute approximate surface area is 126 Å². The van der Waals surface area contributed by atoms with Gasteiger partial charge in [0, 0.05) is 13.1 Å². The van der Waals surface area contributed by atoms with E-state index in [1.54, 1.807) is 19.2 Å². The zero-order valence-electron chi connectivity index (χ0n) is 12.8. The number of phenols is 1. The van der Waals surface area contributed by atoms with Crippen LogP contribution in [0.5, 0.6) is 11.5 Å². The van der Waals surface area contributed by atoms with E-state index in [0.717, 1.165) is 23.5 Å². The highest BCUT2D eigenvalue weighted by Gasteiger charge is 2.05. The molecule has 0 amide bonds. The molecule has 0 aliphatic heterocycles. The molecule has 0 bridgehead atoms. The smallest absolute Gasteiger partial charge is 0.141 e. The van der Waals surface area contributed by atoms with E-state index < -0.39 is 0 Å². The fourth-order valence-corrected chi connectivity index (χ4v) is 2.22. The van der Waals surface area contributed by atoms with Crippen molar-refractivity contribution in [1.82, 2.24) is 4.90 Å². The van der Waals surface area contributed by atoms with Crippen LogP contribution in [0, 0.1) is 0 Å². The van der Waals surface area contributed by atoms with Crippen molar-refractivity contribution in [1.29, 1.82) is 0 Å². The van der Waals surface area contributed by atoms with Crippen LogP contribution >= 0.6 is 0 Å². The maximum absolute atomic E-state index is 9.50. The number of hydrogen-bond donors (Lipinski definition) is 2. The predicted molar refractivity (Wildman–Crippen MR) is 85.8 cm³/mol. The van der Waals surface area contributed by atoms with Gasteiger partial charge >= 0.3 is 0 Å². The molecule has 0 unspecified atom stereocenters. The Morgan fingerprint density at radius 3 is 2.57 bits per heavy atom. The SMILES string of the molecule is COc1ccc(CN(C)C)cc1NCc1cccc(O)c1.